The number of carboxylic acid groups (broad SMARTS) is 2. The quantitative estimate of drug-likeness (QED) is 0.251. The van der Waals surface area contributed by atoms with E-state index in [9.17, 15) is 24.4 Å². The number of anilines is 1. The third kappa shape index (κ3) is 5.08. The minimum absolute atomic E-state index is 0.00710. The zero-order valence-electron chi connectivity index (χ0n) is 15.1. The van der Waals surface area contributed by atoms with Crippen LogP contribution < -0.4 is 5.32 Å². The van der Waals surface area contributed by atoms with Crippen LogP contribution in [-0.2, 0) is 23.4 Å². The van der Waals surface area contributed by atoms with E-state index in [4.69, 9.17) is 19.6 Å². The summed E-state index contributed by atoms with van der Waals surface area (Å²) >= 11 is 0. The zero-order chi connectivity index (χ0) is 22.1. The van der Waals surface area contributed by atoms with Gasteiger partial charge in [0.1, 0.15) is 24.7 Å². The van der Waals surface area contributed by atoms with E-state index in [1.165, 1.54) is 10.9 Å². The molecule has 16 heteroatoms. The van der Waals surface area contributed by atoms with Gasteiger partial charge in [-0.15, -0.1) is 0 Å². The fraction of sp³-hybridized carbons (Fsp3) is 0.500. The van der Waals surface area contributed by atoms with Crippen molar-refractivity contribution in [3.8, 4) is 0 Å². The van der Waals surface area contributed by atoms with Gasteiger partial charge >= 0.3 is 19.8 Å². The van der Waals surface area contributed by atoms with E-state index < -0.39 is 57.3 Å². The van der Waals surface area contributed by atoms with Crippen molar-refractivity contribution in [1.29, 1.82) is 0 Å². The van der Waals surface area contributed by atoms with Gasteiger partial charge in [-0.1, -0.05) is 0 Å². The number of fused-ring (bicyclic) bond motifs is 1. The summed E-state index contributed by atoms with van der Waals surface area (Å²) in [6.45, 7) is -0.536. The monoisotopic (exact) mass is 447 g/mol. The number of imidazole rings is 1. The van der Waals surface area contributed by atoms with Gasteiger partial charge in [0.15, 0.2) is 17.0 Å². The van der Waals surface area contributed by atoms with Crippen molar-refractivity contribution < 1.29 is 48.5 Å². The number of phosphoric ester groups is 1. The topological polar surface area (TPSA) is 226 Å². The van der Waals surface area contributed by atoms with Crippen LogP contribution in [0.3, 0.4) is 0 Å². The van der Waals surface area contributed by atoms with Crippen LogP contribution in [0.4, 0.5) is 5.82 Å². The molecule has 0 amide bonds. The molecule has 2 aromatic heterocycles. The summed E-state index contributed by atoms with van der Waals surface area (Å²) in [5.74, 6) is -2.71. The number of ether oxygens (including phenoxy) is 1. The number of aliphatic hydroxyl groups excluding tert-OH is 1. The molecule has 3 heterocycles. The fourth-order valence-electron chi connectivity index (χ4n) is 2.91. The maximum atomic E-state index is 11.3. The van der Waals surface area contributed by atoms with Crippen LogP contribution in [0.1, 0.15) is 19.1 Å². The molecule has 1 fully saturated rings. The van der Waals surface area contributed by atoms with Gasteiger partial charge in [-0.05, 0) is 0 Å². The summed E-state index contributed by atoms with van der Waals surface area (Å²) in [6.07, 6.45) is -1.11. The van der Waals surface area contributed by atoms with Crippen molar-refractivity contribution >= 4 is 36.7 Å². The number of carbonyl (C=O) groups is 2. The highest BCUT2D eigenvalue weighted by atomic mass is 31.2. The lowest BCUT2D eigenvalue weighted by atomic mass is 10.2. The number of hydrogen-bond acceptors (Lipinski definition) is 10. The molecule has 0 radical (unpaired) electrons. The first-order valence-corrected chi connectivity index (χ1v) is 10.0. The molecule has 4 atom stereocenters. The lowest BCUT2D eigenvalue weighted by Crippen LogP contribution is -2.32. The van der Waals surface area contributed by atoms with Crippen LogP contribution >= 0.6 is 7.82 Å². The molecule has 1 saturated heterocycles. The minimum Gasteiger partial charge on any atom is -0.481 e. The van der Waals surface area contributed by atoms with Crippen LogP contribution in [0.5, 0.6) is 0 Å². The second kappa shape index (κ2) is 8.59. The van der Waals surface area contributed by atoms with Crippen LogP contribution in [-0.4, -0.2) is 81.4 Å². The number of phosphoric acid groups is 1. The van der Waals surface area contributed by atoms with Gasteiger partial charge < -0.3 is 35.2 Å². The largest absolute Gasteiger partial charge is 0.481 e. The molecule has 0 bridgehead atoms. The summed E-state index contributed by atoms with van der Waals surface area (Å²) < 4.78 is 22.2. The second-order valence-corrected chi connectivity index (χ2v) is 7.64. The first-order valence-electron chi connectivity index (χ1n) is 8.47. The van der Waals surface area contributed by atoms with Gasteiger partial charge in [0, 0.05) is 6.42 Å². The van der Waals surface area contributed by atoms with Gasteiger partial charge in [-0.2, -0.15) is 0 Å². The molecular weight excluding hydrogens is 429 g/mol. The minimum atomic E-state index is -4.73. The van der Waals surface area contributed by atoms with Crippen LogP contribution in [0.15, 0.2) is 12.7 Å². The molecule has 30 heavy (non-hydrogen) atoms. The van der Waals surface area contributed by atoms with E-state index >= 15 is 0 Å². The van der Waals surface area contributed by atoms with Gasteiger partial charge in [0.25, 0.3) is 0 Å². The standard InChI is InChI=1S/C14H18N5O10P/c20-7-2-9(29-8(7)3-28-30(25,26)27)19-5-17-11-12(15-4-16-13(11)19)18-6(14(23)24)1-10(21)22/h4-9,20H,1-3H2,(H,21,22)(H,23,24)(H,15,16,18)(H2,25,26,27)/t6?,7-,8-,9-/m1/s1. The molecule has 0 spiro atoms. The molecule has 15 nitrogen and oxygen atoms in total. The molecule has 164 valence electrons. The molecule has 0 aromatic carbocycles. The predicted molar refractivity (Wildman–Crippen MR) is 95.2 cm³/mol. The molecule has 1 aliphatic rings. The maximum absolute atomic E-state index is 11.3. The Kier molecular flexibility index (Phi) is 6.30. The SMILES string of the molecule is O=C(O)CC(Nc1ncnc2c1ncn2[C@H]1C[C@@H](O)[C@@H](COP(=O)(O)O)O1)C(=O)O. The third-order valence-electron chi connectivity index (χ3n) is 4.27. The fourth-order valence-corrected chi connectivity index (χ4v) is 3.26. The van der Waals surface area contributed by atoms with E-state index in [-0.39, 0.29) is 23.4 Å². The second-order valence-electron chi connectivity index (χ2n) is 6.40. The molecule has 0 aliphatic carbocycles. The number of aromatic nitrogens is 4. The Morgan fingerprint density at radius 1 is 1.33 bits per heavy atom. The van der Waals surface area contributed by atoms with Gasteiger partial charge in [-0.25, -0.2) is 24.3 Å². The molecule has 2 aromatic rings. The number of carboxylic acids is 2. The Hall–Kier alpha value is -2.68. The Morgan fingerprint density at radius 2 is 2.07 bits per heavy atom. The molecule has 1 aliphatic heterocycles. The Bertz CT molecular complexity index is 993. The van der Waals surface area contributed by atoms with Crippen molar-refractivity contribution in [2.45, 2.75) is 37.3 Å². The van der Waals surface area contributed by atoms with E-state index in [2.05, 4.69) is 24.8 Å². The highest BCUT2D eigenvalue weighted by molar-refractivity contribution is 7.46. The normalized spacial score (nSPS) is 22.8. The van der Waals surface area contributed by atoms with Crippen molar-refractivity contribution in [3.05, 3.63) is 12.7 Å². The molecule has 0 saturated carbocycles. The van der Waals surface area contributed by atoms with Crippen LogP contribution in [0, 0.1) is 0 Å². The van der Waals surface area contributed by atoms with E-state index in [1.807, 2.05) is 0 Å². The lowest BCUT2D eigenvalue weighted by Gasteiger charge is -2.16. The van der Waals surface area contributed by atoms with Gasteiger partial charge in [0.05, 0.1) is 25.5 Å². The summed E-state index contributed by atoms with van der Waals surface area (Å²) in [7, 11) is -4.73. The van der Waals surface area contributed by atoms with E-state index in [0.717, 1.165) is 6.33 Å². The maximum Gasteiger partial charge on any atom is 0.469 e. The average Bonchev–Trinajstić information content (AvgIpc) is 3.22. The Morgan fingerprint density at radius 3 is 2.70 bits per heavy atom. The number of rotatable bonds is 9. The summed E-state index contributed by atoms with van der Waals surface area (Å²) in [4.78, 5) is 51.8. The van der Waals surface area contributed by atoms with Crippen LogP contribution in [0.2, 0.25) is 0 Å². The highest BCUT2D eigenvalue weighted by Gasteiger charge is 2.37. The molecule has 6 N–H and O–H groups in total. The first kappa shape index (κ1) is 22.0. The summed E-state index contributed by atoms with van der Waals surface area (Å²) in [6, 6.07) is -1.45. The summed E-state index contributed by atoms with van der Waals surface area (Å²) in [5, 5.41) is 30.6. The van der Waals surface area contributed by atoms with Gasteiger partial charge in [0.2, 0.25) is 0 Å². The van der Waals surface area contributed by atoms with Crippen molar-refractivity contribution in [2.75, 3.05) is 11.9 Å². The van der Waals surface area contributed by atoms with Crippen molar-refractivity contribution in [1.82, 2.24) is 19.5 Å². The number of nitrogens with zero attached hydrogens (tertiary/aromatic N) is 4. The van der Waals surface area contributed by atoms with Gasteiger partial charge in [-0.3, -0.25) is 13.9 Å². The lowest BCUT2D eigenvalue weighted by molar-refractivity contribution is -0.144. The highest BCUT2D eigenvalue weighted by Crippen LogP contribution is 2.38. The Balaban J connectivity index is 1.81. The first-order chi connectivity index (χ1) is 14.0. The predicted octanol–water partition coefficient (Wildman–Crippen LogP) is -1.08. The number of aliphatic hydroxyl groups is 1. The number of hydrogen-bond donors (Lipinski definition) is 6. The molecule has 3 rings (SSSR count). The number of aliphatic carboxylic acids is 2. The third-order valence-corrected chi connectivity index (χ3v) is 4.75. The van der Waals surface area contributed by atoms with E-state index in [0.29, 0.717) is 0 Å². The zero-order valence-corrected chi connectivity index (χ0v) is 16.0. The number of nitrogens with one attached hydrogen (secondary N) is 1. The molecular formula is C14H18N5O10P. The average molecular weight is 447 g/mol. The Labute approximate surface area is 167 Å². The van der Waals surface area contributed by atoms with Crippen molar-refractivity contribution in [3.63, 3.8) is 0 Å². The van der Waals surface area contributed by atoms with Crippen molar-refractivity contribution in [2.24, 2.45) is 0 Å². The summed E-state index contributed by atoms with van der Waals surface area (Å²) in [5.41, 5.74) is 0.350. The molecule has 1 unspecified atom stereocenters. The smallest absolute Gasteiger partial charge is 0.469 e. The van der Waals surface area contributed by atoms with Crippen LogP contribution in [0.25, 0.3) is 11.2 Å². The van der Waals surface area contributed by atoms with E-state index in [1.54, 1.807) is 0 Å².